The van der Waals surface area contributed by atoms with Crippen molar-refractivity contribution < 1.29 is 14.6 Å². The van der Waals surface area contributed by atoms with Crippen LogP contribution in [0.1, 0.15) is 32.3 Å². The second-order valence-corrected chi connectivity index (χ2v) is 4.51. The number of phenolic OH excluding ortho intramolecular Hbond substituents is 1. The second-order valence-electron chi connectivity index (χ2n) is 4.51. The molecule has 0 unspecified atom stereocenters. The molecule has 0 saturated carbocycles. The van der Waals surface area contributed by atoms with Gasteiger partial charge in [0.05, 0.1) is 6.61 Å². The van der Waals surface area contributed by atoms with E-state index in [4.69, 9.17) is 4.74 Å². The Bertz CT molecular complexity index is 422. The van der Waals surface area contributed by atoms with Crippen LogP contribution in [0.5, 0.6) is 11.5 Å². The highest BCUT2D eigenvalue weighted by Gasteiger charge is 2.04. The molecule has 0 aliphatic rings. The van der Waals surface area contributed by atoms with Crippen LogP contribution in [-0.4, -0.2) is 30.7 Å². The van der Waals surface area contributed by atoms with E-state index >= 15 is 0 Å². The molecule has 0 heterocycles. The van der Waals surface area contributed by atoms with Gasteiger partial charge < -0.3 is 20.5 Å². The summed E-state index contributed by atoms with van der Waals surface area (Å²) in [7, 11) is 0. The van der Waals surface area contributed by atoms with Crippen molar-refractivity contribution in [3.8, 4) is 11.5 Å². The van der Waals surface area contributed by atoms with Crippen molar-refractivity contribution in [1.82, 2.24) is 10.6 Å². The molecule has 5 heteroatoms. The van der Waals surface area contributed by atoms with Gasteiger partial charge in [0, 0.05) is 26.1 Å². The molecule has 0 fully saturated rings. The number of phenols is 1. The maximum Gasteiger partial charge on any atom is 0.221 e. The third-order valence-corrected chi connectivity index (χ3v) is 2.75. The zero-order valence-electron chi connectivity index (χ0n) is 12.2. The minimum atomic E-state index is 0.0695. The topological polar surface area (TPSA) is 70.6 Å². The lowest BCUT2D eigenvalue weighted by Crippen LogP contribution is -2.28. The normalized spacial score (nSPS) is 10.3. The van der Waals surface area contributed by atoms with Crippen molar-refractivity contribution in [3.63, 3.8) is 0 Å². The van der Waals surface area contributed by atoms with E-state index in [1.54, 1.807) is 6.07 Å². The van der Waals surface area contributed by atoms with Gasteiger partial charge in [-0.1, -0.05) is 13.0 Å². The predicted octanol–water partition coefficient (Wildman–Crippen LogP) is 1.80. The van der Waals surface area contributed by atoms with Gasteiger partial charge in [-0.2, -0.15) is 0 Å². The minimum Gasteiger partial charge on any atom is -0.504 e. The highest BCUT2D eigenvalue weighted by molar-refractivity contribution is 5.75. The lowest BCUT2D eigenvalue weighted by atomic mass is 10.2. The number of hydrogen-bond acceptors (Lipinski definition) is 4. The van der Waals surface area contributed by atoms with Gasteiger partial charge >= 0.3 is 0 Å². The van der Waals surface area contributed by atoms with Crippen molar-refractivity contribution in [1.29, 1.82) is 0 Å². The highest BCUT2D eigenvalue weighted by Crippen LogP contribution is 2.26. The summed E-state index contributed by atoms with van der Waals surface area (Å²) < 4.78 is 5.32. The molecule has 0 radical (unpaired) electrons. The summed E-state index contributed by atoms with van der Waals surface area (Å²) >= 11 is 0. The van der Waals surface area contributed by atoms with E-state index in [0.29, 0.717) is 31.9 Å². The molecule has 0 spiro atoms. The summed E-state index contributed by atoms with van der Waals surface area (Å²) in [6.45, 7) is 6.41. The first kappa shape index (κ1) is 16.3. The van der Waals surface area contributed by atoms with E-state index in [9.17, 15) is 9.90 Å². The molecule has 1 rings (SSSR count). The Morgan fingerprint density at radius 2 is 2.10 bits per heavy atom. The lowest BCUT2D eigenvalue weighted by Gasteiger charge is -2.09. The van der Waals surface area contributed by atoms with E-state index in [1.807, 2.05) is 26.0 Å². The van der Waals surface area contributed by atoms with Gasteiger partial charge in [0.25, 0.3) is 0 Å². The van der Waals surface area contributed by atoms with E-state index < -0.39 is 0 Å². The quantitative estimate of drug-likeness (QED) is 0.603. The van der Waals surface area contributed by atoms with Crippen LogP contribution in [-0.2, 0) is 11.3 Å². The van der Waals surface area contributed by atoms with Crippen LogP contribution >= 0.6 is 0 Å². The van der Waals surface area contributed by atoms with E-state index in [0.717, 1.165) is 18.5 Å². The Hall–Kier alpha value is -1.75. The van der Waals surface area contributed by atoms with Gasteiger partial charge in [-0.05, 0) is 31.0 Å². The Balaban J connectivity index is 2.31. The smallest absolute Gasteiger partial charge is 0.221 e. The average Bonchev–Trinajstić information content (AvgIpc) is 2.45. The van der Waals surface area contributed by atoms with E-state index in [-0.39, 0.29) is 11.7 Å². The van der Waals surface area contributed by atoms with Crippen molar-refractivity contribution in [2.75, 3.05) is 19.7 Å². The predicted molar refractivity (Wildman–Crippen MR) is 78.9 cm³/mol. The molecule has 3 N–H and O–H groups in total. The fraction of sp³-hybridized carbons (Fsp3) is 0.533. The number of nitrogens with one attached hydrogen (secondary N) is 2. The Kier molecular flexibility index (Phi) is 7.50. The zero-order valence-corrected chi connectivity index (χ0v) is 12.2. The standard InChI is InChI=1S/C15H24N2O3/c1-3-8-17-15(19)7-9-16-11-12-5-6-13(18)14(10-12)20-4-2/h5-6,10,16,18H,3-4,7-9,11H2,1-2H3,(H,17,19). The van der Waals surface area contributed by atoms with E-state index in [2.05, 4.69) is 10.6 Å². The van der Waals surface area contributed by atoms with Crippen LogP contribution in [0.15, 0.2) is 18.2 Å². The fourth-order valence-corrected chi connectivity index (χ4v) is 1.73. The van der Waals surface area contributed by atoms with Crippen molar-refractivity contribution >= 4 is 5.91 Å². The molecule has 20 heavy (non-hydrogen) atoms. The first-order valence-electron chi connectivity index (χ1n) is 7.09. The molecule has 0 bridgehead atoms. The Morgan fingerprint density at radius 3 is 2.80 bits per heavy atom. The third-order valence-electron chi connectivity index (χ3n) is 2.75. The average molecular weight is 280 g/mol. The van der Waals surface area contributed by atoms with Crippen LogP contribution in [0.2, 0.25) is 0 Å². The summed E-state index contributed by atoms with van der Waals surface area (Å²) in [6, 6.07) is 5.26. The van der Waals surface area contributed by atoms with Gasteiger partial charge in [-0.3, -0.25) is 4.79 Å². The number of carbonyl (C=O) groups is 1. The Morgan fingerprint density at radius 1 is 1.30 bits per heavy atom. The summed E-state index contributed by atoms with van der Waals surface area (Å²) in [6.07, 6.45) is 1.42. The van der Waals surface area contributed by atoms with Crippen molar-refractivity contribution in [3.05, 3.63) is 23.8 Å². The highest BCUT2D eigenvalue weighted by atomic mass is 16.5. The molecule has 1 amide bonds. The van der Waals surface area contributed by atoms with Gasteiger partial charge in [0.1, 0.15) is 0 Å². The van der Waals surface area contributed by atoms with Crippen LogP contribution in [0.4, 0.5) is 0 Å². The number of amides is 1. The number of rotatable bonds is 9. The van der Waals surface area contributed by atoms with Crippen molar-refractivity contribution in [2.24, 2.45) is 0 Å². The maximum absolute atomic E-state index is 11.4. The first-order valence-corrected chi connectivity index (χ1v) is 7.09. The molecule has 0 aliphatic carbocycles. The maximum atomic E-state index is 11.4. The molecule has 1 aromatic carbocycles. The SMILES string of the molecule is CCCNC(=O)CCNCc1ccc(O)c(OCC)c1. The Labute approximate surface area is 120 Å². The second kappa shape index (κ2) is 9.20. The van der Waals surface area contributed by atoms with Gasteiger partial charge in [0.15, 0.2) is 11.5 Å². The van der Waals surface area contributed by atoms with Gasteiger partial charge in [-0.25, -0.2) is 0 Å². The molecule has 112 valence electrons. The summed E-state index contributed by atoms with van der Waals surface area (Å²) in [5, 5.41) is 15.6. The molecule has 0 aliphatic heterocycles. The lowest BCUT2D eigenvalue weighted by molar-refractivity contribution is -0.120. The molecule has 1 aromatic rings. The monoisotopic (exact) mass is 280 g/mol. The summed E-state index contributed by atoms with van der Waals surface area (Å²) in [5.74, 6) is 0.710. The van der Waals surface area contributed by atoms with E-state index in [1.165, 1.54) is 0 Å². The number of benzene rings is 1. The minimum absolute atomic E-state index is 0.0695. The number of carbonyl (C=O) groups excluding carboxylic acids is 1. The number of hydrogen-bond donors (Lipinski definition) is 3. The van der Waals surface area contributed by atoms with Crippen LogP contribution in [0.25, 0.3) is 0 Å². The molecule has 0 saturated heterocycles. The van der Waals surface area contributed by atoms with Gasteiger partial charge in [-0.15, -0.1) is 0 Å². The van der Waals surface area contributed by atoms with Crippen molar-refractivity contribution in [2.45, 2.75) is 33.2 Å². The number of aromatic hydroxyl groups is 1. The summed E-state index contributed by atoms with van der Waals surface area (Å²) in [4.78, 5) is 11.4. The van der Waals surface area contributed by atoms with Crippen LogP contribution in [0.3, 0.4) is 0 Å². The fourth-order valence-electron chi connectivity index (χ4n) is 1.73. The molecule has 5 nitrogen and oxygen atoms in total. The molecule has 0 aromatic heterocycles. The largest absolute Gasteiger partial charge is 0.504 e. The van der Waals surface area contributed by atoms with Crippen LogP contribution in [0, 0.1) is 0 Å². The van der Waals surface area contributed by atoms with Crippen LogP contribution < -0.4 is 15.4 Å². The molecule has 0 atom stereocenters. The zero-order chi connectivity index (χ0) is 14.8. The molecular formula is C15H24N2O3. The summed E-state index contributed by atoms with van der Waals surface area (Å²) in [5.41, 5.74) is 1.01. The third kappa shape index (κ3) is 5.93. The first-order chi connectivity index (χ1) is 9.67. The number of ether oxygens (including phenoxy) is 1. The molecular weight excluding hydrogens is 256 g/mol. The van der Waals surface area contributed by atoms with Gasteiger partial charge in [0.2, 0.25) is 5.91 Å².